The molecule has 1 atom stereocenters. The fourth-order valence-corrected chi connectivity index (χ4v) is 1.92. The van der Waals surface area contributed by atoms with Crippen molar-refractivity contribution in [2.75, 3.05) is 13.7 Å². The van der Waals surface area contributed by atoms with Crippen molar-refractivity contribution in [3.8, 4) is 0 Å². The molecule has 0 unspecified atom stereocenters. The Balaban J connectivity index is 2.30. The van der Waals surface area contributed by atoms with Crippen LogP contribution in [0.15, 0.2) is 0 Å². The first-order valence-corrected chi connectivity index (χ1v) is 4.52. The summed E-state index contributed by atoms with van der Waals surface area (Å²) in [7, 11) is 1.69. The molecule has 0 aliphatic heterocycles. The van der Waals surface area contributed by atoms with E-state index in [1.54, 1.807) is 7.11 Å². The van der Waals surface area contributed by atoms with Gasteiger partial charge in [-0.2, -0.15) is 0 Å². The second-order valence-electron chi connectivity index (χ2n) is 3.35. The summed E-state index contributed by atoms with van der Waals surface area (Å²) in [6, 6.07) is 0. The maximum absolute atomic E-state index is 8.95. The molecule has 0 aromatic carbocycles. The van der Waals surface area contributed by atoms with Crippen LogP contribution < -0.4 is 0 Å². The van der Waals surface area contributed by atoms with Gasteiger partial charge in [0.25, 0.3) is 0 Å². The summed E-state index contributed by atoms with van der Waals surface area (Å²) in [4.78, 5) is 0. The highest BCUT2D eigenvalue weighted by Gasteiger charge is 2.22. The first-order chi connectivity index (χ1) is 5.38. The van der Waals surface area contributed by atoms with Crippen LogP contribution in [0.5, 0.6) is 0 Å². The van der Waals surface area contributed by atoms with Crippen LogP contribution in [-0.4, -0.2) is 24.9 Å². The quantitative estimate of drug-likeness (QED) is 0.675. The van der Waals surface area contributed by atoms with E-state index in [0.717, 1.165) is 0 Å². The Labute approximate surface area is 68.6 Å². The maximum Gasteiger partial charge on any atom is 0.0830 e. The van der Waals surface area contributed by atoms with Crippen LogP contribution in [-0.2, 0) is 4.74 Å². The lowest BCUT2D eigenvalue weighted by atomic mass is 9.85. The largest absolute Gasteiger partial charge is 0.394 e. The lowest BCUT2D eigenvalue weighted by Crippen LogP contribution is -2.28. The zero-order chi connectivity index (χ0) is 8.10. The number of aliphatic hydroxyl groups is 1. The zero-order valence-corrected chi connectivity index (χ0v) is 7.25. The predicted octanol–water partition coefficient (Wildman–Crippen LogP) is 1.57. The van der Waals surface area contributed by atoms with Gasteiger partial charge in [-0.15, -0.1) is 0 Å². The fourth-order valence-electron chi connectivity index (χ4n) is 1.92. The molecule has 1 aliphatic carbocycles. The smallest absolute Gasteiger partial charge is 0.0830 e. The second kappa shape index (κ2) is 4.73. The molecule has 1 N–H and O–H groups in total. The maximum atomic E-state index is 8.95. The van der Waals surface area contributed by atoms with Gasteiger partial charge in [-0.3, -0.25) is 0 Å². The van der Waals surface area contributed by atoms with Gasteiger partial charge in [0, 0.05) is 7.11 Å². The summed E-state index contributed by atoms with van der Waals surface area (Å²) < 4.78 is 5.19. The summed E-state index contributed by atoms with van der Waals surface area (Å²) in [5, 5.41) is 8.95. The molecular weight excluding hydrogens is 140 g/mol. The minimum atomic E-state index is 0.0929. The number of rotatable bonds is 3. The molecule has 66 valence electrons. The van der Waals surface area contributed by atoms with Crippen LogP contribution in [0.4, 0.5) is 0 Å². The second-order valence-corrected chi connectivity index (χ2v) is 3.35. The topological polar surface area (TPSA) is 29.5 Å². The lowest BCUT2D eigenvalue weighted by molar-refractivity contribution is -0.00386. The van der Waals surface area contributed by atoms with Gasteiger partial charge in [0.1, 0.15) is 0 Å². The molecular formula is C9H18O2. The van der Waals surface area contributed by atoms with Crippen molar-refractivity contribution < 1.29 is 9.84 Å². The van der Waals surface area contributed by atoms with E-state index in [2.05, 4.69) is 0 Å². The molecule has 0 amide bonds. The SMILES string of the molecule is CO[C@H](CO)C1CCCCC1. The molecule has 0 aromatic rings. The Hall–Kier alpha value is -0.0800. The summed E-state index contributed by atoms with van der Waals surface area (Å²) in [5.41, 5.74) is 0. The van der Waals surface area contributed by atoms with Crippen molar-refractivity contribution in [2.24, 2.45) is 5.92 Å². The highest BCUT2D eigenvalue weighted by Crippen LogP contribution is 2.27. The zero-order valence-electron chi connectivity index (χ0n) is 7.25. The van der Waals surface area contributed by atoms with Crippen molar-refractivity contribution in [3.05, 3.63) is 0 Å². The number of hydrogen-bond donors (Lipinski definition) is 1. The number of aliphatic hydroxyl groups excluding tert-OH is 1. The van der Waals surface area contributed by atoms with Crippen molar-refractivity contribution in [1.82, 2.24) is 0 Å². The normalized spacial score (nSPS) is 23.5. The molecule has 0 aromatic heterocycles. The molecule has 1 aliphatic rings. The van der Waals surface area contributed by atoms with Crippen LogP contribution in [0.1, 0.15) is 32.1 Å². The average Bonchev–Trinajstić information content (AvgIpc) is 2.09. The van der Waals surface area contributed by atoms with E-state index < -0.39 is 0 Å². The van der Waals surface area contributed by atoms with Gasteiger partial charge in [0.2, 0.25) is 0 Å². The Morgan fingerprint density at radius 2 is 2.00 bits per heavy atom. The predicted molar refractivity (Wildman–Crippen MR) is 44.5 cm³/mol. The highest BCUT2D eigenvalue weighted by atomic mass is 16.5. The highest BCUT2D eigenvalue weighted by molar-refractivity contribution is 4.73. The third-order valence-corrected chi connectivity index (χ3v) is 2.66. The van der Waals surface area contributed by atoms with Crippen molar-refractivity contribution >= 4 is 0 Å². The molecule has 0 bridgehead atoms. The van der Waals surface area contributed by atoms with E-state index in [1.165, 1.54) is 32.1 Å². The van der Waals surface area contributed by atoms with Crippen molar-refractivity contribution in [1.29, 1.82) is 0 Å². The van der Waals surface area contributed by atoms with Crippen LogP contribution >= 0.6 is 0 Å². The van der Waals surface area contributed by atoms with Gasteiger partial charge in [0.05, 0.1) is 12.7 Å². The van der Waals surface area contributed by atoms with Crippen LogP contribution in [0.25, 0.3) is 0 Å². The van der Waals surface area contributed by atoms with Crippen LogP contribution in [0, 0.1) is 5.92 Å². The van der Waals surface area contributed by atoms with Crippen LogP contribution in [0.3, 0.4) is 0 Å². The monoisotopic (exact) mass is 158 g/mol. The minimum absolute atomic E-state index is 0.0929. The van der Waals surface area contributed by atoms with Crippen molar-refractivity contribution in [3.63, 3.8) is 0 Å². The lowest BCUT2D eigenvalue weighted by Gasteiger charge is -2.27. The van der Waals surface area contributed by atoms with Gasteiger partial charge in [-0.05, 0) is 18.8 Å². The van der Waals surface area contributed by atoms with Gasteiger partial charge >= 0.3 is 0 Å². The molecule has 1 rings (SSSR count). The minimum Gasteiger partial charge on any atom is -0.394 e. The van der Waals surface area contributed by atoms with E-state index in [0.29, 0.717) is 5.92 Å². The Bertz CT molecular complexity index is 93.7. The van der Waals surface area contributed by atoms with Gasteiger partial charge in [-0.1, -0.05) is 19.3 Å². The molecule has 0 radical (unpaired) electrons. The summed E-state index contributed by atoms with van der Waals surface area (Å²) in [5.74, 6) is 0.610. The van der Waals surface area contributed by atoms with Crippen molar-refractivity contribution in [2.45, 2.75) is 38.2 Å². The third-order valence-electron chi connectivity index (χ3n) is 2.66. The standard InChI is InChI=1S/C9H18O2/c1-11-9(7-10)8-5-3-2-4-6-8/h8-10H,2-7H2,1H3/t9-/m1/s1. The van der Waals surface area contributed by atoms with E-state index in [9.17, 15) is 0 Å². The average molecular weight is 158 g/mol. The molecule has 2 heteroatoms. The van der Waals surface area contributed by atoms with E-state index in [-0.39, 0.29) is 12.7 Å². The first-order valence-electron chi connectivity index (χ1n) is 4.52. The van der Waals surface area contributed by atoms with E-state index in [4.69, 9.17) is 9.84 Å². The molecule has 2 nitrogen and oxygen atoms in total. The number of methoxy groups -OCH3 is 1. The van der Waals surface area contributed by atoms with Gasteiger partial charge in [0.15, 0.2) is 0 Å². The molecule has 0 saturated heterocycles. The Morgan fingerprint density at radius 3 is 2.45 bits per heavy atom. The first kappa shape index (κ1) is 9.01. The van der Waals surface area contributed by atoms with Crippen LogP contribution in [0.2, 0.25) is 0 Å². The molecule has 1 fully saturated rings. The molecule has 0 spiro atoms. The summed E-state index contributed by atoms with van der Waals surface area (Å²) >= 11 is 0. The fraction of sp³-hybridized carbons (Fsp3) is 1.00. The van der Waals surface area contributed by atoms with Gasteiger partial charge in [-0.25, -0.2) is 0 Å². The number of ether oxygens (including phenoxy) is 1. The summed E-state index contributed by atoms with van der Waals surface area (Å²) in [6.45, 7) is 0.182. The molecule has 0 heterocycles. The van der Waals surface area contributed by atoms with E-state index >= 15 is 0 Å². The Kier molecular flexibility index (Phi) is 3.87. The third kappa shape index (κ3) is 2.46. The summed E-state index contributed by atoms with van der Waals surface area (Å²) in [6.07, 6.45) is 6.54. The molecule has 1 saturated carbocycles. The van der Waals surface area contributed by atoms with Gasteiger partial charge < -0.3 is 9.84 Å². The Morgan fingerprint density at radius 1 is 1.36 bits per heavy atom. The number of hydrogen-bond acceptors (Lipinski definition) is 2. The molecule has 11 heavy (non-hydrogen) atoms. The van der Waals surface area contributed by atoms with E-state index in [1.807, 2.05) is 0 Å².